The van der Waals surface area contributed by atoms with Gasteiger partial charge in [-0.3, -0.25) is 0 Å². The molecule has 0 aliphatic carbocycles. The first-order valence-corrected chi connectivity index (χ1v) is 6.32. The Morgan fingerprint density at radius 2 is 2.12 bits per heavy atom. The lowest BCUT2D eigenvalue weighted by Crippen LogP contribution is -2.36. The molecule has 0 aromatic carbocycles. The van der Waals surface area contributed by atoms with Crippen molar-refractivity contribution in [3.63, 3.8) is 0 Å². The molecule has 1 rings (SSSR count). The van der Waals surface area contributed by atoms with Crippen molar-refractivity contribution in [2.24, 2.45) is 5.73 Å². The third-order valence-electron chi connectivity index (χ3n) is 2.87. The predicted octanol–water partition coefficient (Wildman–Crippen LogP) is 2.04. The van der Waals surface area contributed by atoms with Crippen molar-refractivity contribution in [2.45, 2.75) is 51.7 Å². The second kappa shape index (κ2) is 9.23. The van der Waals surface area contributed by atoms with E-state index >= 15 is 0 Å². The van der Waals surface area contributed by atoms with Crippen LogP contribution in [0, 0.1) is 0 Å². The Hall–Kier alpha value is 0.170. The first-order chi connectivity index (χ1) is 7.22. The Morgan fingerprint density at radius 1 is 1.38 bits per heavy atom. The lowest BCUT2D eigenvalue weighted by atomic mass is 10.2. The summed E-state index contributed by atoms with van der Waals surface area (Å²) in [6.07, 6.45) is 5.26. The molecular formula is C12H27ClN2O. The SMILES string of the molecule is CCCOC1CCCN(CC(C)N)CC1.Cl. The average molecular weight is 251 g/mol. The maximum absolute atomic E-state index is 5.82. The molecule has 0 spiro atoms. The summed E-state index contributed by atoms with van der Waals surface area (Å²) in [6, 6.07) is 0.290. The Bertz CT molecular complexity index is 167. The van der Waals surface area contributed by atoms with Crippen LogP contribution in [0.2, 0.25) is 0 Å². The second-order valence-corrected chi connectivity index (χ2v) is 4.70. The lowest BCUT2D eigenvalue weighted by molar-refractivity contribution is 0.0438. The van der Waals surface area contributed by atoms with E-state index in [9.17, 15) is 0 Å². The number of halogens is 1. The average Bonchev–Trinajstić information content (AvgIpc) is 2.40. The molecule has 4 heteroatoms. The van der Waals surface area contributed by atoms with Crippen molar-refractivity contribution in [3.8, 4) is 0 Å². The van der Waals surface area contributed by atoms with Crippen LogP contribution in [0.4, 0.5) is 0 Å². The second-order valence-electron chi connectivity index (χ2n) is 4.70. The summed E-state index contributed by atoms with van der Waals surface area (Å²) in [5.74, 6) is 0. The zero-order valence-corrected chi connectivity index (χ0v) is 11.5. The molecule has 98 valence electrons. The van der Waals surface area contributed by atoms with Gasteiger partial charge >= 0.3 is 0 Å². The van der Waals surface area contributed by atoms with Crippen LogP contribution in [-0.4, -0.2) is 43.3 Å². The van der Waals surface area contributed by atoms with Crippen LogP contribution in [0.15, 0.2) is 0 Å². The highest BCUT2D eigenvalue weighted by Crippen LogP contribution is 2.14. The van der Waals surface area contributed by atoms with Crippen molar-refractivity contribution < 1.29 is 4.74 Å². The van der Waals surface area contributed by atoms with Gasteiger partial charge in [0.05, 0.1) is 6.10 Å². The van der Waals surface area contributed by atoms with Crippen LogP contribution < -0.4 is 5.73 Å². The number of likely N-dealkylation sites (tertiary alicyclic amines) is 1. The van der Waals surface area contributed by atoms with Gasteiger partial charge in [-0.15, -0.1) is 12.4 Å². The van der Waals surface area contributed by atoms with Crippen LogP contribution in [0.25, 0.3) is 0 Å². The fourth-order valence-corrected chi connectivity index (χ4v) is 2.17. The van der Waals surface area contributed by atoms with E-state index < -0.39 is 0 Å². The molecule has 0 bridgehead atoms. The highest BCUT2D eigenvalue weighted by atomic mass is 35.5. The van der Waals surface area contributed by atoms with Crippen LogP contribution in [0.1, 0.15) is 39.5 Å². The standard InChI is InChI=1S/C12H26N2O.ClH/c1-3-9-15-12-5-4-7-14(8-6-12)10-11(2)13;/h11-12H,3-10,13H2,1-2H3;1H. The van der Waals surface area contributed by atoms with E-state index in [4.69, 9.17) is 10.5 Å². The van der Waals surface area contributed by atoms with E-state index in [1.54, 1.807) is 0 Å². The molecule has 3 nitrogen and oxygen atoms in total. The number of hydrogen-bond donors (Lipinski definition) is 1. The molecule has 0 aromatic rings. The summed E-state index contributed by atoms with van der Waals surface area (Å²) >= 11 is 0. The zero-order valence-electron chi connectivity index (χ0n) is 10.7. The van der Waals surface area contributed by atoms with Gasteiger partial charge in [-0.25, -0.2) is 0 Å². The number of nitrogens with two attached hydrogens (primary N) is 1. The topological polar surface area (TPSA) is 38.5 Å². The molecule has 1 fully saturated rings. The van der Waals surface area contributed by atoms with Crippen LogP contribution in [0.5, 0.6) is 0 Å². The van der Waals surface area contributed by atoms with Gasteiger partial charge < -0.3 is 15.4 Å². The molecule has 1 heterocycles. The molecular weight excluding hydrogens is 224 g/mol. The molecule has 1 aliphatic rings. The van der Waals surface area contributed by atoms with Crippen LogP contribution >= 0.6 is 12.4 Å². The lowest BCUT2D eigenvalue weighted by Gasteiger charge is -2.22. The van der Waals surface area contributed by atoms with E-state index in [1.807, 2.05) is 0 Å². The molecule has 0 saturated carbocycles. The maximum atomic E-state index is 5.82. The molecule has 0 radical (unpaired) electrons. The summed E-state index contributed by atoms with van der Waals surface area (Å²) < 4.78 is 5.81. The molecule has 2 atom stereocenters. The number of ether oxygens (including phenoxy) is 1. The molecule has 2 unspecified atom stereocenters. The Morgan fingerprint density at radius 3 is 2.75 bits per heavy atom. The van der Waals surface area contributed by atoms with Crippen molar-refractivity contribution in [3.05, 3.63) is 0 Å². The largest absolute Gasteiger partial charge is 0.378 e. The fraction of sp³-hybridized carbons (Fsp3) is 1.00. The number of hydrogen-bond acceptors (Lipinski definition) is 3. The molecule has 1 saturated heterocycles. The highest BCUT2D eigenvalue weighted by Gasteiger charge is 2.17. The minimum absolute atomic E-state index is 0. The van der Waals surface area contributed by atoms with Gasteiger partial charge in [-0.2, -0.15) is 0 Å². The first kappa shape index (κ1) is 16.2. The van der Waals surface area contributed by atoms with E-state index in [0.717, 1.165) is 26.1 Å². The molecule has 2 N–H and O–H groups in total. The van der Waals surface area contributed by atoms with Crippen LogP contribution in [-0.2, 0) is 4.74 Å². The minimum atomic E-state index is 0. The number of nitrogens with zero attached hydrogens (tertiary/aromatic N) is 1. The summed E-state index contributed by atoms with van der Waals surface area (Å²) in [7, 11) is 0. The quantitative estimate of drug-likeness (QED) is 0.812. The molecule has 1 aliphatic heterocycles. The fourth-order valence-electron chi connectivity index (χ4n) is 2.17. The van der Waals surface area contributed by atoms with Crippen molar-refractivity contribution in [1.82, 2.24) is 4.90 Å². The van der Waals surface area contributed by atoms with Gasteiger partial charge in [0.2, 0.25) is 0 Å². The maximum Gasteiger partial charge on any atom is 0.0587 e. The summed E-state index contributed by atoms with van der Waals surface area (Å²) in [4.78, 5) is 2.47. The summed E-state index contributed by atoms with van der Waals surface area (Å²) in [5, 5.41) is 0. The molecule has 0 amide bonds. The van der Waals surface area contributed by atoms with E-state index in [1.165, 1.54) is 25.8 Å². The minimum Gasteiger partial charge on any atom is -0.378 e. The third kappa shape index (κ3) is 6.69. The third-order valence-corrected chi connectivity index (χ3v) is 2.87. The van der Waals surface area contributed by atoms with Crippen molar-refractivity contribution in [1.29, 1.82) is 0 Å². The van der Waals surface area contributed by atoms with Gasteiger partial charge in [-0.1, -0.05) is 6.92 Å². The van der Waals surface area contributed by atoms with Gasteiger partial charge in [0.25, 0.3) is 0 Å². The number of rotatable bonds is 5. The van der Waals surface area contributed by atoms with Crippen LogP contribution in [0.3, 0.4) is 0 Å². The normalized spacial score (nSPS) is 24.6. The Kier molecular flexibility index (Phi) is 9.32. The van der Waals surface area contributed by atoms with E-state index in [-0.39, 0.29) is 18.4 Å². The molecule has 16 heavy (non-hydrogen) atoms. The molecule has 0 aromatic heterocycles. The first-order valence-electron chi connectivity index (χ1n) is 6.32. The van der Waals surface area contributed by atoms with Gasteiger partial charge in [-0.05, 0) is 39.2 Å². The monoisotopic (exact) mass is 250 g/mol. The summed E-state index contributed by atoms with van der Waals surface area (Å²) in [5.41, 5.74) is 5.82. The van der Waals surface area contributed by atoms with Gasteiger partial charge in [0.15, 0.2) is 0 Å². The van der Waals surface area contributed by atoms with E-state index in [2.05, 4.69) is 18.7 Å². The zero-order chi connectivity index (χ0) is 11.1. The van der Waals surface area contributed by atoms with Crippen molar-refractivity contribution in [2.75, 3.05) is 26.2 Å². The highest BCUT2D eigenvalue weighted by molar-refractivity contribution is 5.85. The van der Waals surface area contributed by atoms with Gasteiger partial charge in [0, 0.05) is 25.7 Å². The van der Waals surface area contributed by atoms with Crippen molar-refractivity contribution >= 4 is 12.4 Å². The predicted molar refractivity (Wildman–Crippen MR) is 71.2 cm³/mol. The van der Waals surface area contributed by atoms with Gasteiger partial charge in [0.1, 0.15) is 0 Å². The summed E-state index contributed by atoms with van der Waals surface area (Å²) in [6.45, 7) is 8.52. The Labute approximate surface area is 106 Å². The smallest absolute Gasteiger partial charge is 0.0587 e. The Balaban J connectivity index is 0.00000225. The van der Waals surface area contributed by atoms with E-state index in [0.29, 0.717) is 6.10 Å².